The van der Waals surface area contributed by atoms with Gasteiger partial charge in [-0.1, -0.05) is 0 Å². The number of halogens is 2. The highest BCUT2D eigenvalue weighted by atomic mass is 32.2. The number of amides is 1. The molecule has 1 aliphatic rings. The Morgan fingerprint density at radius 3 is 2.10 bits per heavy atom. The number of rotatable bonds is 5. The van der Waals surface area contributed by atoms with E-state index in [0.29, 0.717) is 11.8 Å². The van der Waals surface area contributed by atoms with Crippen molar-refractivity contribution in [3.8, 4) is 11.5 Å². The van der Waals surface area contributed by atoms with Crippen LogP contribution in [-0.2, 0) is 10.0 Å². The van der Waals surface area contributed by atoms with Crippen LogP contribution in [0.25, 0.3) is 0 Å². The van der Waals surface area contributed by atoms with Gasteiger partial charge in [-0.25, -0.2) is 17.2 Å². The minimum absolute atomic E-state index is 0.0340. The van der Waals surface area contributed by atoms with Crippen LogP contribution in [0, 0.1) is 11.6 Å². The third kappa shape index (κ3) is 4.33. The molecule has 29 heavy (non-hydrogen) atoms. The fourth-order valence-electron chi connectivity index (χ4n) is 3.12. The Morgan fingerprint density at radius 1 is 0.931 bits per heavy atom. The van der Waals surface area contributed by atoms with Gasteiger partial charge in [0.15, 0.2) is 0 Å². The molecule has 0 radical (unpaired) electrons. The molecule has 2 aromatic rings. The van der Waals surface area contributed by atoms with E-state index in [-0.39, 0.29) is 42.4 Å². The molecule has 1 fully saturated rings. The lowest BCUT2D eigenvalue weighted by atomic mass is 10.1. The Morgan fingerprint density at radius 2 is 1.55 bits per heavy atom. The van der Waals surface area contributed by atoms with Crippen molar-refractivity contribution in [2.45, 2.75) is 4.90 Å². The second kappa shape index (κ2) is 8.34. The van der Waals surface area contributed by atoms with Gasteiger partial charge < -0.3 is 14.4 Å². The van der Waals surface area contributed by atoms with Gasteiger partial charge in [-0.2, -0.15) is 4.31 Å². The van der Waals surface area contributed by atoms with E-state index >= 15 is 0 Å². The zero-order chi connectivity index (χ0) is 21.2. The Labute approximate surface area is 167 Å². The third-order valence-electron chi connectivity index (χ3n) is 4.62. The first-order valence-corrected chi connectivity index (χ1v) is 10.2. The number of ether oxygens (including phenoxy) is 2. The van der Waals surface area contributed by atoms with Gasteiger partial charge in [-0.15, -0.1) is 0 Å². The standard InChI is InChI=1S/C19H20F2N2O5S/c1-27-16-3-4-17(28-2)18(12-16)29(25,26)23-7-5-22(6-8-23)19(24)13-9-14(20)11-15(21)10-13/h3-4,9-12H,5-8H2,1-2H3. The molecule has 0 saturated carbocycles. The van der Waals surface area contributed by atoms with E-state index in [2.05, 4.69) is 0 Å². The zero-order valence-corrected chi connectivity index (χ0v) is 16.7. The molecule has 1 aliphatic heterocycles. The Hall–Kier alpha value is -2.72. The van der Waals surface area contributed by atoms with Crippen molar-refractivity contribution >= 4 is 15.9 Å². The molecule has 3 rings (SSSR count). The summed E-state index contributed by atoms with van der Waals surface area (Å²) in [4.78, 5) is 13.8. The molecule has 1 saturated heterocycles. The molecule has 0 aromatic heterocycles. The van der Waals surface area contributed by atoms with Crippen molar-refractivity contribution in [1.29, 1.82) is 0 Å². The van der Waals surface area contributed by atoms with Gasteiger partial charge in [-0.3, -0.25) is 4.79 Å². The normalized spacial score (nSPS) is 15.2. The maximum atomic E-state index is 13.4. The van der Waals surface area contributed by atoms with Gasteiger partial charge in [0, 0.05) is 43.9 Å². The monoisotopic (exact) mass is 426 g/mol. The van der Waals surface area contributed by atoms with Crippen molar-refractivity contribution in [2.24, 2.45) is 0 Å². The molecule has 0 spiro atoms. The molecular weight excluding hydrogens is 406 g/mol. The number of methoxy groups -OCH3 is 2. The molecule has 0 N–H and O–H groups in total. The van der Waals surface area contributed by atoms with Gasteiger partial charge in [-0.05, 0) is 24.3 Å². The first-order valence-electron chi connectivity index (χ1n) is 8.74. The van der Waals surface area contributed by atoms with Crippen molar-refractivity contribution in [1.82, 2.24) is 9.21 Å². The first-order chi connectivity index (χ1) is 13.8. The summed E-state index contributed by atoms with van der Waals surface area (Å²) in [6.45, 7) is 0.240. The number of benzene rings is 2. The summed E-state index contributed by atoms with van der Waals surface area (Å²) in [6.07, 6.45) is 0. The number of carbonyl (C=O) groups excluding carboxylic acids is 1. The minimum Gasteiger partial charge on any atom is -0.497 e. The van der Waals surface area contributed by atoms with E-state index in [4.69, 9.17) is 9.47 Å². The number of piperazine rings is 1. The maximum Gasteiger partial charge on any atom is 0.254 e. The molecule has 156 valence electrons. The molecule has 1 amide bonds. The summed E-state index contributed by atoms with van der Waals surface area (Å²) >= 11 is 0. The average Bonchev–Trinajstić information content (AvgIpc) is 2.72. The van der Waals surface area contributed by atoms with Gasteiger partial charge >= 0.3 is 0 Å². The van der Waals surface area contributed by atoms with Gasteiger partial charge in [0.25, 0.3) is 5.91 Å². The van der Waals surface area contributed by atoms with Crippen LogP contribution in [0.4, 0.5) is 8.78 Å². The smallest absolute Gasteiger partial charge is 0.254 e. The fraction of sp³-hybridized carbons (Fsp3) is 0.316. The summed E-state index contributed by atoms with van der Waals surface area (Å²) in [6, 6.07) is 7.06. The van der Waals surface area contributed by atoms with Crippen LogP contribution in [0.2, 0.25) is 0 Å². The highest BCUT2D eigenvalue weighted by Crippen LogP contribution is 2.31. The number of nitrogens with zero attached hydrogens (tertiary/aromatic N) is 2. The highest BCUT2D eigenvalue weighted by molar-refractivity contribution is 7.89. The van der Waals surface area contributed by atoms with Crippen LogP contribution in [0.3, 0.4) is 0 Å². The summed E-state index contributed by atoms with van der Waals surface area (Å²) in [7, 11) is -1.10. The third-order valence-corrected chi connectivity index (χ3v) is 6.54. The Bertz CT molecular complexity index is 1000. The molecule has 10 heteroatoms. The number of hydrogen-bond acceptors (Lipinski definition) is 5. The van der Waals surface area contributed by atoms with Crippen LogP contribution >= 0.6 is 0 Å². The van der Waals surface area contributed by atoms with Gasteiger partial charge in [0.2, 0.25) is 10.0 Å². The second-order valence-electron chi connectivity index (χ2n) is 6.37. The summed E-state index contributed by atoms with van der Waals surface area (Å²) < 4.78 is 64.4. The molecule has 0 unspecified atom stereocenters. The zero-order valence-electron chi connectivity index (χ0n) is 15.9. The van der Waals surface area contributed by atoms with E-state index in [1.165, 1.54) is 35.6 Å². The largest absolute Gasteiger partial charge is 0.497 e. The maximum absolute atomic E-state index is 13.4. The first kappa shape index (κ1) is 21.0. The summed E-state index contributed by atoms with van der Waals surface area (Å²) in [5, 5.41) is 0. The molecule has 0 atom stereocenters. The van der Waals surface area contributed by atoms with Gasteiger partial charge in [0.1, 0.15) is 28.0 Å². The molecule has 0 aliphatic carbocycles. The lowest BCUT2D eigenvalue weighted by Gasteiger charge is -2.34. The molecule has 2 aromatic carbocycles. The molecule has 7 nitrogen and oxygen atoms in total. The Balaban J connectivity index is 1.77. The van der Waals surface area contributed by atoms with Crippen LogP contribution in [-0.4, -0.2) is 63.9 Å². The summed E-state index contributed by atoms with van der Waals surface area (Å²) in [5.74, 6) is -1.70. The molecule has 1 heterocycles. The average molecular weight is 426 g/mol. The van der Waals surface area contributed by atoms with Crippen LogP contribution < -0.4 is 9.47 Å². The van der Waals surface area contributed by atoms with E-state index < -0.39 is 27.6 Å². The van der Waals surface area contributed by atoms with E-state index in [9.17, 15) is 22.0 Å². The van der Waals surface area contributed by atoms with Crippen molar-refractivity contribution < 1.29 is 31.5 Å². The predicted molar refractivity (Wildman–Crippen MR) is 101 cm³/mol. The molecular formula is C19H20F2N2O5S. The van der Waals surface area contributed by atoms with Crippen LogP contribution in [0.15, 0.2) is 41.3 Å². The SMILES string of the molecule is COc1ccc(OC)c(S(=O)(=O)N2CCN(C(=O)c3cc(F)cc(F)c3)CC2)c1. The predicted octanol–water partition coefficient (Wildman–Crippen LogP) is 2.13. The fourth-order valence-corrected chi connectivity index (χ4v) is 4.71. The molecule has 0 bridgehead atoms. The topological polar surface area (TPSA) is 76.2 Å². The lowest BCUT2D eigenvalue weighted by molar-refractivity contribution is 0.0696. The van der Waals surface area contributed by atoms with Crippen LogP contribution in [0.5, 0.6) is 11.5 Å². The van der Waals surface area contributed by atoms with E-state index in [1.54, 1.807) is 6.07 Å². The quantitative estimate of drug-likeness (QED) is 0.732. The summed E-state index contributed by atoms with van der Waals surface area (Å²) in [5.41, 5.74) is -0.117. The van der Waals surface area contributed by atoms with E-state index in [0.717, 1.165) is 12.1 Å². The number of carbonyl (C=O) groups is 1. The van der Waals surface area contributed by atoms with Crippen molar-refractivity contribution in [2.75, 3.05) is 40.4 Å². The lowest BCUT2D eigenvalue weighted by Crippen LogP contribution is -2.50. The highest BCUT2D eigenvalue weighted by Gasteiger charge is 2.33. The Kier molecular flexibility index (Phi) is 6.04. The second-order valence-corrected chi connectivity index (χ2v) is 8.28. The van der Waals surface area contributed by atoms with E-state index in [1.807, 2.05) is 0 Å². The van der Waals surface area contributed by atoms with Crippen LogP contribution in [0.1, 0.15) is 10.4 Å². The number of hydrogen-bond donors (Lipinski definition) is 0. The van der Waals surface area contributed by atoms with Crippen molar-refractivity contribution in [3.05, 3.63) is 53.6 Å². The van der Waals surface area contributed by atoms with Crippen molar-refractivity contribution in [3.63, 3.8) is 0 Å². The number of sulfonamides is 1. The van der Waals surface area contributed by atoms with Gasteiger partial charge in [0.05, 0.1) is 14.2 Å². The minimum atomic E-state index is -3.89.